The zero-order valence-corrected chi connectivity index (χ0v) is 15.4. The standard InChI is InChI=1S/C18H27N3O4/c1-5-20(2)9-8-19-18(23)13-10-17(22)21(12-13)15-7-6-14(24-3)11-16(15)25-4/h6-7,11,13H,5,8-10,12H2,1-4H3,(H,19,23). The normalized spacial score (nSPS) is 17.1. The number of carbonyl (C=O) groups is 2. The molecular formula is C18H27N3O4. The van der Waals surface area contributed by atoms with Crippen LogP contribution in [0.1, 0.15) is 13.3 Å². The highest BCUT2D eigenvalue weighted by molar-refractivity contribution is 6.01. The van der Waals surface area contributed by atoms with Crippen LogP contribution in [0.25, 0.3) is 0 Å². The fraction of sp³-hybridized carbons (Fsp3) is 0.556. The summed E-state index contributed by atoms with van der Waals surface area (Å²) >= 11 is 0. The molecule has 1 fully saturated rings. The molecule has 1 N–H and O–H groups in total. The van der Waals surface area contributed by atoms with Crippen molar-refractivity contribution < 1.29 is 19.1 Å². The SMILES string of the molecule is CCN(C)CCNC(=O)C1CC(=O)N(c2ccc(OC)cc2OC)C1. The van der Waals surface area contributed by atoms with Gasteiger partial charge < -0.3 is 24.6 Å². The molecule has 2 rings (SSSR count). The van der Waals surface area contributed by atoms with Gasteiger partial charge in [-0.05, 0) is 25.7 Å². The van der Waals surface area contributed by atoms with Crippen LogP contribution in [0.3, 0.4) is 0 Å². The van der Waals surface area contributed by atoms with Crippen LogP contribution in [-0.4, -0.2) is 64.2 Å². The molecule has 1 unspecified atom stereocenters. The van der Waals surface area contributed by atoms with E-state index >= 15 is 0 Å². The molecule has 2 amide bonds. The zero-order valence-electron chi connectivity index (χ0n) is 15.4. The van der Waals surface area contributed by atoms with E-state index in [9.17, 15) is 9.59 Å². The van der Waals surface area contributed by atoms with Crippen molar-refractivity contribution in [3.8, 4) is 11.5 Å². The number of anilines is 1. The molecule has 1 aromatic carbocycles. The summed E-state index contributed by atoms with van der Waals surface area (Å²) in [6, 6.07) is 5.29. The molecule has 0 spiro atoms. The van der Waals surface area contributed by atoms with Crippen LogP contribution < -0.4 is 19.7 Å². The Morgan fingerprint density at radius 3 is 2.76 bits per heavy atom. The predicted molar refractivity (Wildman–Crippen MR) is 96.2 cm³/mol. The quantitative estimate of drug-likeness (QED) is 0.762. The van der Waals surface area contributed by atoms with Crippen LogP contribution in [0.2, 0.25) is 0 Å². The third-order valence-electron chi connectivity index (χ3n) is 4.51. The zero-order chi connectivity index (χ0) is 18.4. The van der Waals surface area contributed by atoms with Gasteiger partial charge in [0, 0.05) is 32.1 Å². The summed E-state index contributed by atoms with van der Waals surface area (Å²) in [4.78, 5) is 28.5. The minimum atomic E-state index is -0.341. The predicted octanol–water partition coefficient (Wildman–Crippen LogP) is 1.12. The van der Waals surface area contributed by atoms with Gasteiger partial charge >= 0.3 is 0 Å². The number of ether oxygens (including phenoxy) is 2. The molecule has 7 nitrogen and oxygen atoms in total. The van der Waals surface area contributed by atoms with E-state index in [0.29, 0.717) is 30.3 Å². The van der Waals surface area contributed by atoms with Gasteiger partial charge in [0.1, 0.15) is 11.5 Å². The Morgan fingerprint density at radius 1 is 1.36 bits per heavy atom. The first kappa shape index (κ1) is 19.1. The fourth-order valence-corrected chi connectivity index (χ4v) is 2.80. The number of carbonyl (C=O) groups excluding carboxylic acids is 2. The molecule has 0 radical (unpaired) electrons. The molecular weight excluding hydrogens is 322 g/mol. The van der Waals surface area contributed by atoms with Gasteiger partial charge in [-0.15, -0.1) is 0 Å². The summed E-state index contributed by atoms with van der Waals surface area (Å²) in [7, 11) is 5.13. The van der Waals surface area contributed by atoms with Gasteiger partial charge in [0.25, 0.3) is 0 Å². The second-order valence-corrected chi connectivity index (χ2v) is 6.13. The van der Waals surface area contributed by atoms with Crippen LogP contribution in [0, 0.1) is 5.92 Å². The van der Waals surface area contributed by atoms with Gasteiger partial charge in [-0.1, -0.05) is 6.92 Å². The first-order chi connectivity index (χ1) is 12.0. The van der Waals surface area contributed by atoms with Crippen molar-refractivity contribution in [1.82, 2.24) is 10.2 Å². The van der Waals surface area contributed by atoms with Crippen molar-refractivity contribution in [3.63, 3.8) is 0 Å². The molecule has 1 atom stereocenters. The number of rotatable bonds is 8. The molecule has 0 saturated carbocycles. The lowest BCUT2D eigenvalue weighted by Crippen LogP contribution is -2.37. The van der Waals surface area contributed by atoms with Crippen molar-refractivity contribution in [2.24, 2.45) is 5.92 Å². The molecule has 138 valence electrons. The first-order valence-corrected chi connectivity index (χ1v) is 8.48. The number of nitrogens with zero attached hydrogens (tertiary/aromatic N) is 2. The topological polar surface area (TPSA) is 71.1 Å². The van der Waals surface area contributed by atoms with Gasteiger partial charge in [-0.3, -0.25) is 9.59 Å². The highest BCUT2D eigenvalue weighted by atomic mass is 16.5. The van der Waals surface area contributed by atoms with Crippen molar-refractivity contribution in [2.45, 2.75) is 13.3 Å². The van der Waals surface area contributed by atoms with Crippen LogP contribution in [0.4, 0.5) is 5.69 Å². The highest BCUT2D eigenvalue weighted by Crippen LogP contribution is 2.35. The second-order valence-electron chi connectivity index (χ2n) is 6.13. The lowest BCUT2D eigenvalue weighted by molar-refractivity contribution is -0.126. The van der Waals surface area contributed by atoms with Gasteiger partial charge in [-0.2, -0.15) is 0 Å². The second kappa shape index (κ2) is 8.71. The number of amides is 2. The molecule has 0 aliphatic carbocycles. The summed E-state index contributed by atoms with van der Waals surface area (Å²) in [5, 5.41) is 2.92. The minimum absolute atomic E-state index is 0.0747. The third kappa shape index (κ3) is 4.63. The Morgan fingerprint density at radius 2 is 2.12 bits per heavy atom. The maximum Gasteiger partial charge on any atom is 0.227 e. The van der Waals surface area contributed by atoms with E-state index in [4.69, 9.17) is 9.47 Å². The van der Waals surface area contributed by atoms with E-state index in [0.717, 1.165) is 13.1 Å². The Labute approximate surface area is 148 Å². The number of nitrogens with one attached hydrogen (secondary N) is 1. The lowest BCUT2D eigenvalue weighted by Gasteiger charge is -2.20. The van der Waals surface area contributed by atoms with E-state index in [2.05, 4.69) is 17.1 Å². The summed E-state index contributed by atoms with van der Waals surface area (Å²) in [5.41, 5.74) is 0.661. The minimum Gasteiger partial charge on any atom is -0.497 e. The molecule has 25 heavy (non-hydrogen) atoms. The number of likely N-dealkylation sites (N-methyl/N-ethyl adjacent to an activating group) is 1. The average molecular weight is 349 g/mol. The highest BCUT2D eigenvalue weighted by Gasteiger charge is 2.36. The fourth-order valence-electron chi connectivity index (χ4n) is 2.80. The molecule has 0 aromatic heterocycles. The van der Waals surface area contributed by atoms with Crippen molar-refractivity contribution in [3.05, 3.63) is 18.2 Å². The van der Waals surface area contributed by atoms with E-state index in [1.807, 2.05) is 7.05 Å². The molecule has 1 aliphatic rings. The van der Waals surface area contributed by atoms with E-state index in [1.165, 1.54) is 0 Å². The van der Waals surface area contributed by atoms with Crippen LogP contribution in [-0.2, 0) is 9.59 Å². The van der Waals surface area contributed by atoms with Crippen LogP contribution in [0.5, 0.6) is 11.5 Å². The molecule has 1 aliphatic heterocycles. The van der Waals surface area contributed by atoms with Gasteiger partial charge in [0.2, 0.25) is 11.8 Å². The summed E-state index contributed by atoms with van der Waals surface area (Å²) in [5.74, 6) is 0.716. The number of hydrogen-bond acceptors (Lipinski definition) is 5. The smallest absolute Gasteiger partial charge is 0.227 e. The summed E-state index contributed by atoms with van der Waals surface area (Å²) in [6.07, 6.45) is 0.213. The van der Waals surface area contributed by atoms with E-state index < -0.39 is 0 Å². The summed E-state index contributed by atoms with van der Waals surface area (Å²) < 4.78 is 10.5. The number of hydrogen-bond donors (Lipinski definition) is 1. The third-order valence-corrected chi connectivity index (χ3v) is 4.51. The van der Waals surface area contributed by atoms with Crippen LogP contribution >= 0.6 is 0 Å². The number of benzene rings is 1. The molecule has 1 saturated heterocycles. The van der Waals surface area contributed by atoms with Crippen molar-refractivity contribution in [1.29, 1.82) is 0 Å². The van der Waals surface area contributed by atoms with Gasteiger partial charge in [0.05, 0.1) is 25.8 Å². The largest absolute Gasteiger partial charge is 0.497 e. The monoisotopic (exact) mass is 349 g/mol. The Hall–Kier alpha value is -2.28. The molecule has 1 heterocycles. The molecule has 1 aromatic rings. The number of methoxy groups -OCH3 is 2. The van der Waals surface area contributed by atoms with Crippen LogP contribution in [0.15, 0.2) is 18.2 Å². The average Bonchev–Trinajstić information content (AvgIpc) is 3.02. The molecule has 7 heteroatoms. The van der Waals surface area contributed by atoms with Gasteiger partial charge in [0.15, 0.2) is 0 Å². The maximum atomic E-state index is 12.4. The Bertz CT molecular complexity index is 620. The molecule has 0 bridgehead atoms. The Kier molecular flexibility index (Phi) is 6.64. The van der Waals surface area contributed by atoms with Crippen molar-refractivity contribution in [2.75, 3.05) is 52.3 Å². The van der Waals surface area contributed by atoms with Gasteiger partial charge in [-0.25, -0.2) is 0 Å². The van der Waals surface area contributed by atoms with E-state index in [1.54, 1.807) is 37.3 Å². The lowest BCUT2D eigenvalue weighted by atomic mass is 10.1. The Balaban J connectivity index is 2.01. The first-order valence-electron chi connectivity index (χ1n) is 8.48. The van der Waals surface area contributed by atoms with E-state index in [-0.39, 0.29) is 24.2 Å². The maximum absolute atomic E-state index is 12.4. The summed E-state index contributed by atoms with van der Waals surface area (Å²) in [6.45, 7) is 4.73. The van der Waals surface area contributed by atoms with Crippen molar-refractivity contribution >= 4 is 17.5 Å².